The Hall–Kier alpha value is -7.78. The second-order valence-electron chi connectivity index (χ2n) is 17.4. The van der Waals surface area contributed by atoms with Gasteiger partial charge in [-0.2, -0.15) is 0 Å². The van der Waals surface area contributed by atoms with Crippen LogP contribution in [0.1, 0.15) is 45.2 Å². The minimum Gasteiger partial charge on any atom is -0.456 e. The third kappa shape index (κ3) is 5.49. The van der Waals surface area contributed by atoms with Crippen molar-refractivity contribution in [3.05, 3.63) is 276 Å². The van der Waals surface area contributed by atoms with Gasteiger partial charge in [-0.15, -0.1) is 0 Å². The van der Waals surface area contributed by atoms with Crippen molar-refractivity contribution in [3.63, 3.8) is 0 Å². The Morgan fingerprint density at radius 3 is 1.47 bits per heavy atom. The van der Waals surface area contributed by atoms with Crippen molar-refractivity contribution in [3.8, 4) is 33.4 Å². The van der Waals surface area contributed by atoms with E-state index in [9.17, 15) is 0 Å². The lowest BCUT2D eigenvalue weighted by Gasteiger charge is -2.47. The molecule has 64 heavy (non-hydrogen) atoms. The zero-order valence-corrected chi connectivity index (χ0v) is 36.2. The lowest BCUT2D eigenvalue weighted by Crippen LogP contribution is -2.75. The van der Waals surface area contributed by atoms with Crippen molar-refractivity contribution >= 4 is 50.8 Å². The second-order valence-corrected chi connectivity index (χ2v) is 21.2. The van der Waals surface area contributed by atoms with Gasteiger partial charge >= 0.3 is 0 Å². The van der Waals surface area contributed by atoms with Crippen molar-refractivity contribution < 1.29 is 4.42 Å². The summed E-state index contributed by atoms with van der Waals surface area (Å²) in [5, 5.41) is 7.87. The number of rotatable bonds is 7. The summed E-state index contributed by atoms with van der Waals surface area (Å²) >= 11 is 0. The Morgan fingerprint density at radius 1 is 0.297 bits per heavy atom. The molecule has 2 unspecified atom stereocenters. The smallest absolute Gasteiger partial charge is 0.179 e. The van der Waals surface area contributed by atoms with Gasteiger partial charge in [0.25, 0.3) is 0 Å². The van der Waals surface area contributed by atoms with E-state index in [1.54, 1.807) is 0 Å². The van der Waals surface area contributed by atoms with Crippen LogP contribution < -0.4 is 20.7 Å². The number of furan rings is 1. The molecule has 0 amide bonds. The van der Waals surface area contributed by atoms with E-state index in [2.05, 4.69) is 243 Å². The van der Waals surface area contributed by atoms with Crippen LogP contribution in [0.2, 0.25) is 0 Å². The molecule has 1 aromatic heterocycles. The molecule has 0 spiro atoms. The molecule has 0 saturated carbocycles. The summed E-state index contributed by atoms with van der Waals surface area (Å²) in [5.74, 6) is 0.102. The first-order valence-electron chi connectivity index (χ1n) is 22.4. The zero-order valence-electron chi connectivity index (χ0n) is 35.2. The molecule has 1 heterocycles. The first kappa shape index (κ1) is 36.8. The van der Waals surface area contributed by atoms with Gasteiger partial charge in [0.05, 0.1) is 0 Å². The van der Waals surface area contributed by atoms with Gasteiger partial charge in [-0.3, -0.25) is 0 Å². The highest BCUT2D eigenvalue weighted by Gasteiger charge is 2.50. The number of hydrogen-bond donors (Lipinski definition) is 0. The van der Waals surface area contributed by atoms with Gasteiger partial charge in [0, 0.05) is 22.6 Å². The van der Waals surface area contributed by atoms with Crippen LogP contribution in [0.4, 0.5) is 0 Å². The van der Waals surface area contributed by atoms with Crippen molar-refractivity contribution in [2.45, 2.75) is 11.8 Å². The monoisotopic (exact) mass is 830 g/mol. The van der Waals surface area contributed by atoms with Gasteiger partial charge in [-0.1, -0.05) is 218 Å². The molecule has 0 N–H and O–H groups in total. The van der Waals surface area contributed by atoms with Crippen LogP contribution in [0, 0.1) is 0 Å². The molecule has 300 valence electrons. The summed E-state index contributed by atoms with van der Waals surface area (Å²) in [4.78, 5) is 0. The van der Waals surface area contributed by atoms with Crippen molar-refractivity contribution in [2.75, 3.05) is 0 Å². The van der Waals surface area contributed by atoms with Crippen molar-refractivity contribution in [1.82, 2.24) is 0 Å². The number of fused-ring (bicyclic) bond motifs is 3. The average Bonchev–Trinajstić information content (AvgIpc) is 3.75. The van der Waals surface area contributed by atoms with Crippen LogP contribution in [0.3, 0.4) is 0 Å². The van der Waals surface area contributed by atoms with Crippen LogP contribution in [0.15, 0.2) is 247 Å². The quantitative estimate of drug-likeness (QED) is 0.115. The van der Waals surface area contributed by atoms with E-state index < -0.39 is 8.07 Å². The lowest BCUT2D eigenvalue weighted by atomic mass is 9.60. The third-order valence-corrected chi connectivity index (χ3v) is 19.0. The maximum absolute atomic E-state index is 6.53. The largest absolute Gasteiger partial charge is 0.456 e. The number of para-hydroxylation sites is 1. The summed E-state index contributed by atoms with van der Waals surface area (Å²) < 4.78 is 6.53. The lowest BCUT2D eigenvalue weighted by molar-refractivity contribution is 0.669. The Bertz CT molecular complexity index is 3460. The molecule has 0 fully saturated rings. The number of benzene rings is 10. The second kappa shape index (κ2) is 14.7. The van der Waals surface area contributed by atoms with E-state index in [1.165, 1.54) is 87.5 Å². The maximum atomic E-state index is 6.53. The number of hydrogen-bond acceptors (Lipinski definition) is 1. The summed E-state index contributed by atoms with van der Waals surface area (Å²) in [6.45, 7) is 0. The van der Waals surface area contributed by atoms with Crippen molar-refractivity contribution in [2.24, 2.45) is 0 Å². The van der Waals surface area contributed by atoms with E-state index in [4.69, 9.17) is 4.42 Å². The molecule has 0 aliphatic heterocycles. The average molecular weight is 831 g/mol. The topological polar surface area (TPSA) is 13.1 Å². The van der Waals surface area contributed by atoms with Crippen LogP contribution in [-0.4, -0.2) is 8.07 Å². The van der Waals surface area contributed by atoms with E-state index >= 15 is 0 Å². The third-order valence-electron chi connectivity index (χ3n) is 14.2. The Balaban J connectivity index is 1.13. The molecule has 11 aromatic rings. The summed E-state index contributed by atoms with van der Waals surface area (Å²) in [6, 6.07) is 91.1. The molecular formula is C62H42OSi. The van der Waals surface area contributed by atoms with Crippen LogP contribution in [0.25, 0.3) is 55.3 Å². The molecule has 1 nitrogen and oxygen atoms in total. The molecular weight excluding hydrogens is 789 g/mol. The van der Waals surface area contributed by atoms with Crippen molar-refractivity contribution in [1.29, 1.82) is 0 Å². The van der Waals surface area contributed by atoms with Gasteiger partial charge in [0.15, 0.2) is 8.07 Å². The van der Waals surface area contributed by atoms with Crippen LogP contribution in [0.5, 0.6) is 0 Å². The van der Waals surface area contributed by atoms with Crippen LogP contribution in [-0.2, 0) is 0 Å². The highest BCUT2D eigenvalue weighted by Crippen LogP contribution is 2.57. The first-order valence-corrected chi connectivity index (χ1v) is 24.4. The van der Waals surface area contributed by atoms with Gasteiger partial charge in [0.2, 0.25) is 0 Å². The predicted octanol–water partition coefficient (Wildman–Crippen LogP) is 13.0. The normalized spacial score (nSPS) is 14.9. The first-order chi connectivity index (χ1) is 31.8. The Morgan fingerprint density at radius 2 is 0.812 bits per heavy atom. The zero-order chi connectivity index (χ0) is 42.2. The fraction of sp³-hybridized carbons (Fsp3) is 0.0323. The molecule has 2 heteroatoms. The molecule has 3 aliphatic carbocycles. The molecule has 14 rings (SSSR count). The predicted molar refractivity (Wildman–Crippen MR) is 268 cm³/mol. The van der Waals surface area contributed by atoms with Gasteiger partial charge in [0.1, 0.15) is 11.2 Å². The SMILES string of the molecule is c1ccc(-c2cc(-c3ccccc3)cc([Si](c3ccccc3)(c3ccccc3)c3cccc4c3C3c5ccccc5C4c4cccc(-c5ccc6c(c5)oc5ccccc56)c43)c2)cc1. The Kier molecular flexibility index (Phi) is 8.44. The van der Waals surface area contributed by atoms with E-state index in [-0.39, 0.29) is 11.8 Å². The standard InChI is InChI=1S/C62H42OSi/c1-5-19-41(20-6-1)44-37-45(42-21-7-2-8-22-42)39-48(38-44)64(46-23-9-3-10-24-46,47-25-11-4-12-26-47)58-34-18-32-55-59-52-28-13-14-29-53(52)62(61(55)58)60-49(30-17-31-54(59)60)43-35-36-51-50-27-15-16-33-56(50)63-57(51)40-43/h1-40,59,62H. The molecule has 2 bridgehead atoms. The molecule has 0 radical (unpaired) electrons. The van der Waals surface area contributed by atoms with E-state index in [0.29, 0.717) is 0 Å². The van der Waals surface area contributed by atoms with Gasteiger partial charge in [-0.25, -0.2) is 0 Å². The molecule has 10 aromatic carbocycles. The van der Waals surface area contributed by atoms with Gasteiger partial charge in [-0.05, 0) is 112 Å². The highest BCUT2D eigenvalue weighted by atomic mass is 28.3. The summed E-state index contributed by atoms with van der Waals surface area (Å²) in [7, 11) is -3.15. The van der Waals surface area contributed by atoms with E-state index in [1.807, 2.05) is 0 Å². The Labute approximate surface area is 374 Å². The summed E-state index contributed by atoms with van der Waals surface area (Å²) in [5.41, 5.74) is 17.7. The fourth-order valence-electron chi connectivity index (χ4n) is 11.6. The molecule has 3 aliphatic rings. The fourth-order valence-corrected chi connectivity index (χ4v) is 16.7. The molecule has 0 saturated heterocycles. The highest BCUT2D eigenvalue weighted by molar-refractivity contribution is 7.20. The minimum atomic E-state index is -3.15. The summed E-state index contributed by atoms with van der Waals surface area (Å²) in [6.07, 6.45) is 0. The minimum absolute atomic E-state index is 0.00942. The molecule has 2 atom stereocenters. The maximum Gasteiger partial charge on any atom is 0.179 e. The van der Waals surface area contributed by atoms with E-state index in [0.717, 1.165) is 21.9 Å². The van der Waals surface area contributed by atoms with Gasteiger partial charge < -0.3 is 4.42 Å². The van der Waals surface area contributed by atoms with Crippen LogP contribution >= 0.6 is 0 Å².